The van der Waals surface area contributed by atoms with Crippen LogP contribution in [0.25, 0.3) is 11.0 Å². The number of aromatic nitrogens is 2. The lowest BCUT2D eigenvalue weighted by Crippen LogP contribution is -2.12. The number of fused-ring (bicyclic) bond motifs is 1. The number of nitrogens with zero attached hydrogens (tertiary/aromatic N) is 2. The van der Waals surface area contributed by atoms with E-state index >= 15 is 0 Å². The van der Waals surface area contributed by atoms with Crippen molar-refractivity contribution in [1.82, 2.24) is 9.55 Å². The van der Waals surface area contributed by atoms with Crippen molar-refractivity contribution in [2.24, 2.45) is 5.41 Å². The zero-order valence-electron chi connectivity index (χ0n) is 12.2. The highest BCUT2D eigenvalue weighted by molar-refractivity contribution is 9.10. The molecule has 0 aliphatic carbocycles. The van der Waals surface area contributed by atoms with Crippen LogP contribution in [0, 0.1) is 11.2 Å². The molecule has 2 nitrogen and oxygen atoms in total. The lowest BCUT2D eigenvalue weighted by Gasteiger charge is -2.20. The zero-order valence-corrected chi connectivity index (χ0v) is 14.5. The maximum absolute atomic E-state index is 13.8. The Morgan fingerprint density at radius 2 is 2.05 bits per heavy atom. The summed E-state index contributed by atoms with van der Waals surface area (Å²) in [6.45, 7) is 9.24. The van der Waals surface area contributed by atoms with Gasteiger partial charge in [0.15, 0.2) is 0 Å². The molecule has 110 valence electrons. The van der Waals surface area contributed by atoms with Gasteiger partial charge in [0.25, 0.3) is 0 Å². The van der Waals surface area contributed by atoms with Crippen molar-refractivity contribution in [3.63, 3.8) is 0 Å². The van der Waals surface area contributed by atoms with Crippen LogP contribution in [-0.4, -0.2) is 9.55 Å². The van der Waals surface area contributed by atoms with E-state index < -0.39 is 0 Å². The number of imidazole rings is 1. The molecule has 0 saturated carbocycles. The van der Waals surface area contributed by atoms with Crippen LogP contribution in [-0.2, 0) is 6.54 Å². The third-order valence-corrected chi connectivity index (χ3v) is 4.06. The summed E-state index contributed by atoms with van der Waals surface area (Å²) in [5.74, 6) is 0.520. The van der Waals surface area contributed by atoms with Crippen LogP contribution in [0.3, 0.4) is 0 Å². The van der Waals surface area contributed by atoms with Crippen LogP contribution >= 0.6 is 27.5 Å². The van der Waals surface area contributed by atoms with Gasteiger partial charge in [0.05, 0.1) is 20.9 Å². The van der Waals surface area contributed by atoms with Crippen LogP contribution in [0.4, 0.5) is 4.39 Å². The average molecular weight is 362 g/mol. The van der Waals surface area contributed by atoms with E-state index in [1.807, 2.05) is 11.5 Å². The van der Waals surface area contributed by atoms with E-state index in [2.05, 4.69) is 41.7 Å². The van der Waals surface area contributed by atoms with Crippen LogP contribution < -0.4 is 0 Å². The Bertz CT molecular complexity index is 629. The zero-order chi connectivity index (χ0) is 15.1. The van der Waals surface area contributed by atoms with E-state index in [4.69, 9.17) is 11.6 Å². The molecule has 0 saturated heterocycles. The second kappa shape index (κ2) is 5.64. The maximum atomic E-state index is 13.8. The van der Waals surface area contributed by atoms with Gasteiger partial charge in [-0.05, 0) is 40.8 Å². The Hall–Kier alpha value is -0.610. The Balaban J connectivity index is 2.53. The van der Waals surface area contributed by atoms with Crippen molar-refractivity contribution in [2.45, 2.75) is 46.0 Å². The van der Waals surface area contributed by atoms with E-state index in [1.165, 1.54) is 6.07 Å². The summed E-state index contributed by atoms with van der Waals surface area (Å²) in [5.41, 5.74) is 1.78. The quantitative estimate of drug-likeness (QED) is 0.644. The molecule has 0 aliphatic rings. The number of benzene rings is 1. The highest BCUT2D eigenvalue weighted by atomic mass is 79.9. The molecule has 0 aliphatic heterocycles. The third-order valence-electron chi connectivity index (χ3n) is 3.26. The number of hydrogen-bond donors (Lipinski definition) is 0. The van der Waals surface area contributed by atoms with E-state index in [0.717, 1.165) is 29.8 Å². The summed E-state index contributed by atoms with van der Waals surface area (Å²) in [6, 6.07) is 3.23. The van der Waals surface area contributed by atoms with Crippen molar-refractivity contribution >= 4 is 38.6 Å². The molecule has 20 heavy (non-hydrogen) atoms. The smallest absolute Gasteiger partial charge is 0.139 e. The van der Waals surface area contributed by atoms with Crippen LogP contribution in [0.5, 0.6) is 0 Å². The molecule has 0 fully saturated rings. The fraction of sp³-hybridized carbons (Fsp3) is 0.533. The minimum absolute atomic E-state index is 0.204. The summed E-state index contributed by atoms with van der Waals surface area (Å²) in [5, 5.41) is -0.204. The predicted molar refractivity (Wildman–Crippen MR) is 85.7 cm³/mol. The lowest BCUT2D eigenvalue weighted by molar-refractivity contribution is 0.350. The molecule has 0 amide bonds. The second-order valence-electron chi connectivity index (χ2n) is 6.30. The van der Waals surface area contributed by atoms with Gasteiger partial charge in [0.2, 0.25) is 0 Å². The SMILES string of the molecule is CC(Cl)c1nc2cc(Br)c(F)cc2n1CCC(C)(C)C. The van der Waals surface area contributed by atoms with Crippen molar-refractivity contribution in [3.05, 3.63) is 28.2 Å². The number of hydrogen-bond acceptors (Lipinski definition) is 1. The first-order chi connectivity index (χ1) is 9.19. The monoisotopic (exact) mass is 360 g/mol. The summed E-state index contributed by atoms with van der Waals surface area (Å²) < 4.78 is 16.3. The molecule has 1 atom stereocenters. The van der Waals surface area contributed by atoms with Crippen LogP contribution in [0.1, 0.15) is 45.3 Å². The van der Waals surface area contributed by atoms with Crippen LogP contribution in [0.15, 0.2) is 16.6 Å². The van der Waals surface area contributed by atoms with E-state index in [1.54, 1.807) is 6.07 Å². The minimum atomic E-state index is -0.275. The largest absolute Gasteiger partial charge is 0.327 e. The van der Waals surface area contributed by atoms with Crippen molar-refractivity contribution in [2.75, 3.05) is 0 Å². The molecule has 1 aromatic carbocycles. The Morgan fingerprint density at radius 1 is 1.40 bits per heavy atom. The van der Waals surface area contributed by atoms with Gasteiger partial charge in [-0.3, -0.25) is 0 Å². The fourth-order valence-electron chi connectivity index (χ4n) is 2.12. The number of rotatable bonds is 3. The van der Waals surface area contributed by atoms with Gasteiger partial charge in [-0.1, -0.05) is 20.8 Å². The molecular formula is C15H19BrClFN2. The van der Waals surface area contributed by atoms with Gasteiger partial charge < -0.3 is 4.57 Å². The van der Waals surface area contributed by atoms with Crippen LogP contribution in [0.2, 0.25) is 0 Å². The minimum Gasteiger partial charge on any atom is -0.327 e. The van der Waals surface area contributed by atoms with Gasteiger partial charge in [0, 0.05) is 12.6 Å². The molecule has 0 N–H and O–H groups in total. The molecule has 1 heterocycles. The highest BCUT2D eigenvalue weighted by Crippen LogP contribution is 2.30. The molecule has 0 spiro atoms. The van der Waals surface area contributed by atoms with E-state index in [0.29, 0.717) is 4.47 Å². The first-order valence-electron chi connectivity index (χ1n) is 6.68. The number of aryl methyl sites for hydroxylation is 1. The van der Waals surface area contributed by atoms with Crippen molar-refractivity contribution < 1.29 is 4.39 Å². The summed E-state index contributed by atoms with van der Waals surface area (Å²) in [4.78, 5) is 4.55. The Kier molecular flexibility index (Phi) is 4.45. The summed E-state index contributed by atoms with van der Waals surface area (Å²) in [6.07, 6.45) is 0.979. The number of halogens is 3. The molecule has 5 heteroatoms. The molecule has 0 radical (unpaired) electrons. The van der Waals surface area contributed by atoms with Gasteiger partial charge in [-0.15, -0.1) is 11.6 Å². The van der Waals surface area contributed by atoms with E-state index in [-0.39, 0.29) is 16.6 Å². The second-order valence-corrected chi connectivity index (χ2v) is 7.81. The van der Waals surface area contributed by atoms with Gasteiger partial charge >= 0.3 is 0 Å². The van der Waals surface area contributed by atoms with E-state index in [9.17, 15) is 4.39 Å². The van der Waals surface area contributed by atoms with Crippen molar-refractivity contribution in [3.8, 4) is 0 Å². The molecule has 2 aromatic rings. The standard InChI is InChI=1S/C15H19BrClFN2/c1-9(17)14-19-12-7-10(16)11(18)8-13(12)20(14)6-5-15(2,3)4/h7-9H,5-6H2,1-4H3. The van der Waals surface area contributed by atoms with Gasteiger partial charge in [0.1, 0.15) is 11.6 Å². The first kappa shape index (κ1) is 15.8. The van der Waals surface area contributed by atoms with Gasteiger partial charge in [-0.25, -0.2) is 9.37 Å². The normalized spacial score (nSPS) is 13.9. The lowest BCUT2D eigenvalue weighted by atomic mass is 9.92. The topological polar surface area (TPSA) is 17.8 Å². The summed E-state index contributed by atoms with van der Waals surface area (Å²) in [7, 11) is 0. The summed E-state index contributed by atoms with van der Waals surface area (Å²) >= 11 is 9.42. The molecule has 1 unspecified atom stereocenters. The number of alkyl halides is 1. The highest BCUT2D eigenvalue weighted by Gasteiger charge is 2.19. The molecule has 1 aromatic heterocycles. The molecule has 2 rings (SSSR count). The van der Waals surface area contributed by atoms with Crippen molar-refractivity contribution in [1.29, 1.82) is 0 Å². The maximum Gasteiger partial charge on any atom is 0.139 e. The first-order valence-corrected chi connectivity index (χ1v) is 7.91. The third kappa shape index (κ3) is 3.34. The average Bonchev–Trinajstić information content (AvgIpc) is 2.64. The fourth-order valence-corrected chi connectivity index (χ4v) is 2.62. The predicted octanol–water partition coefficient (Wildman–Crippen LogP) is 5.67. The Morgan fingerprint density at radius 3 is 2.60 bits per heavy atom. The Labute approximate surface area is 132 Å². The van der Waals surface area contributed by atoms with Gasteiger partial charge in [-0.2, -0.15) is 0 Å². The molecule has 0 bridgehead atoms. The molecular weight excluding hydrogens is 343 g/mol.